The number of hydrogen-bond acceptors (Lipinski definition) is 4. The molecule has 0 aliphatic rings. The molecule has 5 nitrogen and oxygen atoms in total. The summed E-state index contributed by atoms with van der Waals surface area (Å²) in [4.78, 5) is 16.3. The molecule has 3 aromatic rings. The van der Waals surface area contributed by atoms with Crippen molar-refractivity contribution < 1.29 is 18.3 Å². The number of methoxy groups -OCH3 is 1. The molecule has 2 N–H and O–H groups in total. The summed E-state index contributed by atoms with van der Waals surface area (Å²) in [7, 11) is 1.59. The van der Waals surface area contributed by atoms with Crippen molar-refractivity contribution in [2.24, 2.45) is 0 Å². The minimum Gasteiger partial charge on any atom is -0.497 e. The summed E-state index contributed by atoms with van der Waals surface area (Å²) in [5.74, 6) is -1.18. The van der Waals surface area contributed by atoms with Crippen LogP contribution in [0.4, 0.5) is 26.0 Å². The molecule has 1 amide bonds. The third-order valence-electron chi connectivity index (χ3n) is 3.57. The third kappa shape index (κ3) is 4.13. The molecule has 132 valence electrons. The van der Waals surface area contributed by atoms with Crippen molar-refractivity contribution >= 4 is 23.1 Å². The Balaban J connectivity index is 1.66. The number of aromatic nitrogens is 1. The van der Waals surface area contributed by atoms with Crippen LogP contribution in [0.25, 0.3) is 0 Å². The first-order valence-corrected chi connectivity index (χ1v) is 7.69. The molecule has 2 aromatic carbocycles. The van der Waals surface area contributed by atoms with Crippen LogP contribution in [0.5, 0.6) is 5.75 Å². The van der Waals surface area contributed by atoms with E-state index in [-0.39, 0.29) is 11.3 Å². The molecular weight excluding hydrogens is 340 g/mol. The van der Waals surface area contributed by atoms with Gasteiger partial charge >= 0.3 is 0 Å². The van der Waals surface area contributed by atoms with E-state index < -0.39 is 17.5 Å². The van der Waals surface area contributed by atoms with Gasteiger partial charge in [0.2, 0.25) is 0 Å². The highest BCUT2D eigenvalue weighted by molar-refractivity contribution is 6.04. The number of amides is 1. The van der Waals surface area contributed by atoms with Crippen LogP contribution in [-0.4, -0.2) is 18.0 Å². The van der Waals surface area contributed by atoms with Gasteiger partial charge in [0.05, 0.1) is 12.7 Å². The highest BCUT2D eigenvalue weighted by Crippen LogP contribution is 2.19. The Morgan fingerprint density at radius 3 is 2.31 bits per heavy atom. The fourth-order valence-corrected chi connectivity index (χ4v) is 2.20. The lowest BCUT2D eigenvalue weighted by Gasteiger charge is -2.08. The summed E-state index contributed by atoms with van der Waals surface area (Å²) in [6.45, 7) is 0. The first-order valence-electron chi connectivity index (χ1n) is 7.69. The molecule has 0 saturated heterocycles. The molecule has 0 atom stereocenters. The Morgan fingerprint density at radius 2 is 1.69 bits per heavy atom. The molecule has 0 fully saturated rings. The zero-order valence-electron chi connectivity index (χ0n) is 13.8. The summed E-state index contributed by atoms with van der Waals surface area (Å²) in [6.07, 6.45) is 1.39. The molecule has 0 unspecified atom stereocenters. The van der Waals surface area contributed by atoms with E-state index in [1.807, 2.05) is 24.3 Å². The first-order chi connectivity index (χ1) is 12.5. The molecule has 26 heavy (non-hydrogen) atoms. The van der Waals surface area contributed by atoms with Gasteiger partial charge in [0.15, 0.2) is 11.6 Å². The highest BCUT2D eigenvalue weighted by Gasteiger charge is 2.09. The largest absolute Gasteiger partial charge is 0.497 e. The van der Waals surface area contributed by atoms with Gasteiger partial charge in [0.25, 0.3) is 5.91 Å². The summed E-state index contributed by atoms with van der Waals surface area (Å²) in [5, 5.41) is 5.58. The Hall–Kier alpha value is -3.48. The zero-order valence-corrected chi connectivity index (χ0v) is 13.8. The Kier molecular flexibility index (Phi) is 5.07. The van der Waals surface area contributed by atoms with Crippen molar-refractivity contribution in [1.29, 1.82) is 0 Å². The maximum Gasteiger partial charge on any atom is 0.257 e. The topological polar surface area (TPSA) is 63.2 Å². The summed E-state index contributed by atoms with van der Waals surface area (Å²) in [6, 6.07) is 13.7. The van der Waals surface area contributed by atoms with Crippen LogP contribution in [0.3, 0.4) is 0 Å². The number of carbonyl (C=O) groups excluding carboxylic acids is 1. The van der Waals surface area contributed by atoms with Gasteiger partial charge in [0, 0.05) is 23.6 Å². The van der Waals surface area contributed by atoms with Gasteiger partial charge in [-0.2, -0.15) is 0 Å². The van der Waals surface area contributed by atoms with Crippen LogP contribution in [-0.2, 0) is 0 Å². The fraction of sp³-hybridized carbons (Fsp3) is 0.0526. The van der Waals surface area contributed by atoms with Gasteiger partial charge in [-0.1, -0.05) is 0 Å². The number of pyridine rings is 1. The van der Waals surface area contributed by atoms with Crippen LogP contribution >= 0.6 is 0 Å². The molecule has 0 aliphatic carbocycles. The standard InChI is InChI=1S/C19H15F2N3O2/c1-26-15-6-3-13(4-7-15)23-18-9-2-12(11-22-18)19(25)24-14-5-8-16(20)17(21)10-14/h2-11H,1H3,(H,22,23)(H,24,25). The quantitative estimate of drug-likeness (QED) is 0.714. The maximum atomic E-state index is 13.2. The van der Waals surface area contributed by atoms with E-state index in [2.05, 4.69) is 15.6 Å². The van der Waals surface area contributed by atoms with Gasteiger partial charge in [-0.15, -0.1) is 0 Å². The molecule has 1 aromatic heterocycles. The van der Waals surface area contributed by atoms with E-state index >= 15 is 0 Å². The van der Waals surface area contributed by atoms with E-state index in [9.17, 15) is 13.6 Å². The van der Waals surface area contributed by atoms with Crippen LogP contribution in [0, 0.1) is 11.6 Å². The number of nitrogens with one attached hydrogen (secondary N) is 2. The number of ether oxygens (including phenoxy) is 1. The van der Waals surface area contributed by atoms with E-state index in [0.717, 1.165) is 23.6 Å². The van der Waals surface area contributed by atoms with Gasteiger partial charge in [0.1, 0.15) is 11.6 Å². The second kappa shape index (κ2) is 7.60. The molecular formula is C19H15F2N3O2. The van der Waals surface area contributed by atoms with Gasteiger partial charge in [-0.05, 0) is 48.5 Å². The number of rotatable bonds is 5. The predicted molar refractivity (Wildman–Crippen MR) is 94.8 cm³/mol. The molecule has 0 aliphatic heterocycles. The minimum absolute atomic E-state index is 0.161. The van der Waals surface area contributed by atoms with Gasteiger partial charge in [-0.25, -0.2) is 13.8 Å². The number of hydrogen-bond donors (Lipinski definition) is 2. The molecule has 7 heteroatoms. The monoisotopic (exact) mass is 355 g/mol. The fourth-order valence-electron chi connectivity index (χ4n) is 2.20. The van der Waals surface area contributed by atoms with Crippen LogP contribution in [0.2, 0.25) is 0 Å². The second-order valence-corrected chi connectivity index (χ2v) is 5.37. The molecule has 0 saturated carbocycles. The molecule has 0 bridgehead atoms. The van der Waals surface area contributed by atoms with Crippen molar-refractivity contribution in [3.63, 3.8) is 0 Å². The number of halogens is 2. The lowest BCUT2D eigenvalue weighted by atomic mass is 10.2. The average Bonchev–Trinajstić information content (AvgIpc) is 2.66. The number of benzene rings is 2. The first kappa shape index (κ1) is 17.3. The average molecular weight is 355 g/mol. The summed E-state index contributed by atoms with van der Waals surface area (Å²) in [5.41, 5.74) is 1.27. The zero-order chi connectivity index (χ0) is 18.5. The summed E-state index contributed by atoms with van der Waals surface area (Å²) >= 11 is 0. The smallest absolute Gasteiger partial charge is 0.257 e. The Bertz CT molecular complexity index is 913. The van der Waals surface area contributed by atoms with Crippen LogP contribution in [0.15, 0.2) is 60.8 Å². The lowest BCUT2D eigenvalue weighted by Crippen LogP contribution is -2.12. The van der Waals surface area contributed by atoms with E-state index in [1.54, 1.807) is 19.2 Å². The van der Waals surface area contributed by atoms with E-state index in [4.69, 9.17) is 4.74 Å². The SMILES string of the molecule is COc1ccc(Nc2ccc(C(=O)Nc3ccc(F)c(F)c3)cn2)cc1. The lowest BCUT2D eigenvalue weighted by molar-refractivity contribution is 0.102. The number of nitrogens with zero attached hydrogens (tertiary/aromatic N) is 1. The van der Waals surface area contributed by atoms with Crippen LogP contribution < -0.4 is 15.4 Å². The van der Waals surface area contributed by atoms with E-state index in [0.29, 0.717) is 5.82 Å². The molecule has 1 heterocycles. The maximum absolute atomic E-state index is 13.2. The van der Waals surface area contributed by atoms with Crippen LogP contribution in [0.1, 0.15) is 10.4 Å². The highest BCUT2D eigenvalue weighted by atomic mass is 19.2. The van der Waals surface area contributed by atoms with Gasteiger partial charge in [-0.3, -0.25) is 4.79 Å². The number of carbonyl (C=O) groups is 1. The van der Waals surface area contributed by atoms with Crippen molar-refractivity contribution in [1.82, 2.24) is 4.98 Å². The van der Waals surface area contributed by atoms with Crippen molar-refractivity contribution in [2.75, 3.05) is 17.7 Å². The minimum atomic E-state index is -1.03. The third-order valence-corrected chi connectivity index (χ3v) is 3.57. The normalized spacial score (nSPS) is 10.3. The molecule has 0 spiro atoms. The summed E-state index contributed by atoms with van der Waals surface area (Å²) < 4.78 is 31.2. The predicted octanol–water partition coefficient (Wildman–Crippen LogP) is 4.36. The molecule has 0 radical (unpaired) electrons. The van der Waals surface area contributed by atoms with Crippen molar-refractivity contribution in [3.05, 3.63) is 78.0 Å². The molecule has 3 rings (SSSR count). The van der Waals surface area contributed by atoms with Crippen molar-refractivity contribution in [3.8, 4) is 5.75 Å². The Labute approximate surface area is 148 Å². The van der Waals surface area contributed by atoms with Crippen molar-refractivity contribution in [2.45, 2.75) is 0 Å². The Morgan fingerprint density at radius 1 is 0.962 bits per heavy atom. The number of anilines is 3. The van der Waals surface area contributed by atoms with E-state index in [1.165, 1.54) is 12.3 Å². The second-order valence-electron chi connectivity index (χ2n) is 5.37. The van der Waals surface area contributed by atoms with Gasteiger partial charge < -0.3 is 15.4 Å².